The van der Waals surface area contributed by atoms with Crippen LogP contribution < -0.4 is 20.1 Å². The van der Waals surface area contributed by atoms with Gasteiger partial charge in [-0.05, 0) is 30.4 Å². The van der Waals surface area contributed by atoms with E-state index in [0.29, 0.717) is 38.5 Å². The van der Waals surface area contributed by atoms with E-state index in [9.17, 15) is 9.59 Å². The van der Waals surface area contributed by atoms with Gasteiger partial charge in [0.05, 0.1) is 11.8 Å². The number of rotatable bonds is 6. The molecule has 0 spiro atoms. The Morgan fingerprint density at radius 2 is 2.04 bits per heavy atom. The van der Waals surface area contributed by atoms with Crippen molar-refractivity contribution in [1.82, 2.24) is 15.5 Å². The van der Waals surface area contributed by atoms with Crippen molar-refractivity contribution in [3.05, 3.63) is 23.8 Å². The van der Waals surface area contributed by atoms with Crippen LogP contribution in [0.5, 0.6) is 11.5 Å². The van der Waals surface area contributed by atoms with Crippen LogP contribution in [0.15, 0.2) is 18.2 Å². The molecule has 1 aromatic carbocycles. The van der Waals surface area contributed by atoms with Crippen molar-refractivity contribution in [2.75, 3.05) is 38.8 Å². The van der Waals surface area contributed by atoms with Gasteiger partial charge in [-0.15, -0.1) is 0 Å². The Morgan fingerprint density at radius 3 is 2.77 bits per heavy atom. The summed E-state index contributed by atoms with van der Waals surface area (Å²) in [7, 11) is 1.64. The maximum Gasteiger partial charge on any atom is 0.237 e. The van der Waals surface area contributed by atoms with Crippen LogP contribution in [0.3, 0.4) is 0 Å². The Hall–Kier alpha value is -1.93. The number of hydrogen-bond acceptors (Lipinski definition) is 6. The summed E-state index contributed by atoms with van der Waals surface area (Å²) < 4.78 is 11.2. The fraction of sp³-hybridized carbons (Fsp3) is 0.556. The fourth-order valence-electron chi connectivity index (χ4n) is 3.44. The molecule has 2 heterocycles. The molecule has 142 valence electrons. The van der Waals surface area contributed by atoms with Gasteiger partial charge in [-0.25, -0.2) is 0 Å². The second kappa shape index (κ2) is 8.64. The van der Waals surface area contributed by atoms with Crippen molar-refractivity contribution >= 4 is 23.6 Å². The number of ether oxygens (including phenoxy) is 2. The third kappa shape index (κ3) is 4.42. The predicted octanol–water partition coefficient (Wildman–Crippen LogP) is 0.626. The van der Waals surface area contributed by atoms with E-state index < -0.39 is 0 Å². The van der Waals surface area contributed by atoms with Crippen molar-refractivity contribution < 1.29 is 19.1 Å². The Labute approximate surface area is 157 Å². The Morgan fingerprint density at radius 1 is 1.27 bits per heavy atom. The molecule has 0 aromatic heterocycles. The Kier molecular flexibility index (Phi) is 6.26. The molecule has 1 aromatic rings. The van der Waals surface area contributed by atoms with Gasteiger partial charge in [-0.3, -0.25) is 14.5 Å². The third-order valence-electron chi connectivity index (χ3n) is 4.59. The number of nitrogens with one attached hydrogen (secondary N) is 2. The molecule has 0 radical (unpaired) electrons. The van der Waals surface area contributed by atoms with Gasteiger partial charge >= 0.3 is 0 Å². The lowest BCUT2D eigenvalue weighted by molar-refractivity contribution is -0.125. The number of thioether (sulfide) groups is 1. The topological polar surface area (TPSA) is 79.9 Å². The number of hydrogen-bond donors (Lipinski definition) is 2. The fourth-order valence-corrected chi connectivity index (χ4v) is 3.79. The van der Waals surface area contributed by atoms with Gasteiger partial charge < -0.3 is 20.1 Å². The summed E-state index contributed by atoms with van der Waals surface area (Å²) in [6, 6.07) is 5.59. The zero-order valence-electron chi connectivity index (χ0n) is 15.1. The van der Waals surface area contributed by atoms with E-state index in [0.717, 1.165) is 17.1 Å². The summed E-state index contributed by atoms with van der Waals surface area (Å²) in [5.41, 5.74) is 1.05. The van der Waals surface area contributed by atoms with Crippen LogP contribution in [-0.4, -0.2) is 67.6 Å². The summed E-state index contributed by atoms with van der Waals surface area (Å²) in [5.74, 6) is 1.92. The minimum Gasteiger partial charge on any atom is -0.486 e. The van der Waals surface area contributed by atoms with Gasteiger partial charge in [0.25, 0.3) is 0 Å². The van der Waals surface area contributed by atoms with Crippen LogP contribution in [0.2, 0.25) is 0 Å². The molecule has 2 aliphatic rings. The lowest BCUT2D eigenvalue weighted by atomic mass is 10.1. The van der Waals surface area contributed by atoms with Crippen LogP contribution in [0.25, 0.3) is 0 Å². The highest BCUT2D eigenvalue weighted by Crippen LogP contribution is 2.32. The van der Waals surface area contributed by atoms with E-state index in [4.69, 9.17) is 9.47 Å². The van der Waals surface area contributed by atoms with E-state index in [2.05, 4.69) is 15.5 Å². The third-order valence-corrected chi connectivity index (χ3v) is 5.14. The van der Waals surface area contributed by atoms with Gasteiger partial charge in [0.2, 0.25) is 11.8 Å². The Balaban J connectivity index is 1.69. The number of benzene rings is 1. The first-order valence-electron chi connectivity index (χ1n) is 8.73. The molecular formula is C18H25N3O4S. The molecule has 2 unspecified atom stereocenters. The van der Waals surface area contributed by atoms with Crippen molar-refractivity contribution in [2.45, 2.75) is 25.0 Å². The van der Waals surface area contributed by atoms with Gasteiger partial charge in [-0.1, -0.05) is 6.07 Å². The number of nitrogens with zero attached hydrogens (tertiary/aromatic N) is 1. The molecule has 2 amide bonds. The van der Waals surface area contributed by atoms with Crippen LogP contribution in [0.4, 0.5) is 0 Å². The first kappa shape index (κ1) is 18.8. The van der Waals surface area contributed by atoms with Gasteiger partial charge in [-0.2, -0.15) is 11.8 Å². The molecule has 2 N–H and O–H groups in total. The van der Waals surface area contributed by atoms with E-state index in [1.54, 1.807) is 7.05 Å². The molecule has 0 bridgehead atoms. The lowest BCUT2D eigenvalue weighted by Gasteiger charge is -2.24. The number of carbonyl (C=O) groups excluding carboxylic acids is 2. The monoisotopic (exact) mass is 379 g/mol. The average molecular weight is 379 g/mol. The second-order valence-corrected chi connectivity index (χ2v) is 7.34. The molecule has 3 rings (SSSR count). The van der Waals surface area contributed by atoms with E-state index in [1.807, 2.05) is 24.5 Å². The highest BCUT2D eigenvalue weighted by Gasteiger charge is 2.37. The maximum atomic E-state index is 12.3. The number of fused-ring (bicyclic) bond motifs is 1. The van der Waals surface area contributed by atoms with E-state index in [1.165, 1.54) is 11.8 Å². The SMILES string of the molecule is CNC(=O)C1CC(NC(=O)CSC)CN1Cc1ccc2c(c1)OCCO2. The quantitative estimate of drug-likeness (QED) is 0.755. The number of likely N-dealkylation sites (N-methyl/N-ethyl adjacent to an activating group) is 1. The molecular weight excluding hydrogens is 354 g/mol. The van der Waals surface area contributed by atoms with Gasteiger partial charge in [0.1, 0.15) is 13.2 Å². The van der Waals surface area contributed by atoms with Crippen LogP contribution in [-0.2, 0) is 16.1 Å². The summed E-state index contributed by atoms with van der Waals surface area (Å²) in [6.45, 7) is 2.37. The highest BCUT2D eigenvalue weighted by molar-refractivity contribution is 7.99. The highest BCUT2D eigenvalue weighted by atomic mass is 32.2. The normalized spacial score (nSPS) is 22.1. The minimum atomic E-state index is -0.257. The van der Waals surface area contributed by atoms with Crippen LogP contribution in [0.1, 0.15) is 12.0 Å². The molecule has 26 heavy (non-hydrogen) atoms. The van der Waals surface area contributed by atoms with Crippen molar-refractivity contribution in [3.8, 4) is 11.5 Å². The van der Waals surface area contributed by atoms with E-state index >= 15 is 0 Å². The maximum absolute atomic E-state index is 12.3. The largest absolute Gasteiger partial charge is 0.486 e. The standard InChI is InChI=1S/C18H25N3O4S/c1-19-18(23)14-8-13(20-17(22)11-26-2)10-21(14)9-12-3-4-15-16(7-12)25-6-5-24-15/h3-4,7,13-14H,5-6,8-11H2,1-2H3,(H,19,23)(H,20,22). The molecule has 2 atom stereocenters. The number of likely N-dealkylation sites (tertiary alicyclic amines) is 1. The summed E-state index contributed by atoms with van der Waals surface area (Å²) in [6.07, 6.45) is 2.51. The van der Waals surface area contributed by atoms with Crippen LogP contribution in [0, 0.1) is 0 Å². The van der Waals surface area contributed by atoms with Crippen LogP contribution >= 0.6 is 11.8 Å². The summed E-state index contributed by atoms with van der Waals surface area (Å²) in [4.78, 5) is 26.3. The second-order valence-electron chi connectivity index (χ2n) is 6.47. The molecule has 1 saturated heterocycles. The number of amides is 2. The zero-order valence-corrected chi connectivity index (χ0v) is 15.9. The van der Waals surface area contributed by atoms with Gasteiger partial charge in [0.15, 0.2) is 11.5 Å². The van der Waals surface area contributed by atoms with Crippen molar-refractivity contribution in [1.29, 1.82) is 0 Å². The first-order chi connectivity index (χ1) is 12.6. The Bertz CT molecular complexity index is 670. The first-order valence-corrected chi connectivity index (χ1v) is 10.1. The number of carbonyl (C=O) groups is 2. The van der Waals surface area contributed by atoms with Gasteiger partial charge in [0, 0.05) is 26.2 Å². The summed E-state index contributed by atoms with van der Waals surface area (Å²) >= 11 is 1.49. The average Bonchev–Trinajstić information content (AvgIpc) is 3.03. The predicted molar refractivity (Wildman–Crippen MR) is 101 cm³/mol. The molecule has 0 aliphatic carbocycles. The smallest absolute Gasteiger partial charge is 0.237 e. The molecule has 2 aliphatic heterocycles. The van der Waals surface area contributed by atoms with Crippen molar-refractivity contribution in [3.63, 3.8) is 0 Å². The molecule has 0 saturated carbocycles. The molecule has 1 fully saturated rings. The lowest BCUT2D eigenvalue weighted by Crippen LogP contribution is -2.41. The zero-order chi connectivity index (χ0) is 18.5. The molecule has 7 nitrogen and oxygen atoms in total. The minimum absolute atomic E-state index is 0.0133. The molecule has 8 heteroatoms. The van der Waals surface area contributed by atoms with E-state index in [-0.39, 0.29) is 23.9 Å². The summed E-state index contributed by atoms with van der Waals surface area (Å²) in [5, 5.41) is 5.76. The van der Waals surface area contributed by atoms with Crippen molar-refractivity contribution in [2.24, 2.45) is 0 Å².